The molecular weight excluding hydrogens is 254 g/mol. The largest absolute Gasteiger partial charge is 0.502 e. The Hall–Kier alpha value is -1.03. The van der Waals surface area contributed by atoms with Gasteiger partial charge in [-0.2, -0.15) is 0 Å². The van der Waals surface area contributed by atoms with Crippen LogP contribution in [0.1, 0.15) is 20.8 Å². The topological polar surface area (TPSA) is 97.3 Å². The zero-order valence-electron chi connectivity index (χ0n) is 11.1. The molecule has 0 saturated carbocycles. The molecule has 1 rings (SSSR count). The van der Waals surface area contributed by atoms with Crippen molar-refractivity contribution in [2.24, 2.45) is 0 Å². The van der Waals surface area contributed by atoms with Crippen LogP contribution in [0.25, 0.3) is 0 Å². The lowest BCUT2D eigenvalue weighted by Crippen LogP contribution is -2.46. The molecule has 0 saturated heterocycles. The number of nitrogens with two attached hydrogens (primary N) is 1. The zero-order chi connectivity index (χ0) is 13.4. The molecule has 0 atom stereocenters. The van der Waals surface area contributed by atoms with Crippen LogP contribution in [0.15, 0.2) is 0 Å². The van der Waals surface area contributed by atoms with Gasteiger partial charge in [0.05, 0.1) is 6.54 Å². The van der Waals surface area contributed by atoms with Gasteiger partial charge in [0.2, 0.25) is 5.95 Å². The fourth-order valence-electron chi connectivity index (χ4n) is 1.61. The van der Waals surface area contributed by atoms with Gasteiger partial charge in [0.25, 0.3) is 0 Å². The number of anilines is 1. The summed E-state index contributed by atoms with van der Waals surface area (Å²) in [5, 5.41) is 10.9. The molecule has 104 valence electrons. The maximum Gasteiger partial charge on any atom is 0.502 e. The molecule has 1 heterocycles. The molecular formula is C9H21N5O3Si. The van der Waals surface area contributed by atoms with E-state index in [4.69, 9.17) is 19.0 Å². The van der Waals surface area contributed by atoms with Crippen molar-refractivity contribution >= 4 is 14.8 Å². The normalized spacial score (nSPS) is 11.9. The van der Waals surface area contributed by atoms with Crippen LogP contribution in [0.3, 0.4) is 0 Å². The lowest BCUT2D eigenvalue weighted by Gasteiger charge is -2.28. The second kappa shape index (κ2) is 7.41. The summed E-state index contributed by atoms with van der Waals surface area (Å²) in [6.07, 6.45) is 0. The number of hydrogen-bond donors (Lipinski definition) is 1. The monoisotopic (exact) mass is 275 g/mol. The first-order chi connectivity index (χ1) is 8.67. The van der Waals surface area contributed by atoms with E-state index in [1.165, 1.54) is 4.68 Å². The summed E-state index contributed by atoms with van der Waals surface area (Å²) in [4.78, 5) is 0. The van der Waals surface area contributed by atoms with Crippen LogP contribution >= 0.6 is 0 Å². The van der Waals surface area contributed by atoms with Gasteiger partial charge in [0.1, 0.15) is 0 Å². The minimum Gasteiger partial charge on any atom is -0.374 e. The van der Waals surface area contributed by atoms with Gasteiger partial charge in [0.15, 0.2) is 0 Å². The summed E-state index contributed by atoms with van der Waals surface area (Å²) < 4.78 is 18.7. The Morgan fingerprint density at radius 3 is 2.06 bits per heavy atom. The molecule has 0 radical (unpaired) electrons. The SMILES string of the molecule is CCO[Si](CCn1nnnc1N)(OCC)OCC. The number of nitrogens with zero attached hydrogens (tertiary/aromatic N) is 4. The third-order valence-corrected chi connectivity index (χ3v) is 5.30. The van der Waals surface area contributed by atoms with Crippen molar-refractivity contribution in [1.82, 2.24) is 20.2 Å². The highest BCUT2D eigenvalue weighted by molar-refractivity contribution is 6.60. The highest BCUT2D eigenvalue weighted by Gasteiger charge is 2.40. The molecule has 0 fully saturated rings. The summed E-state index contributed by atoms with van der Waals surface area (Å²) in [5.74, 6) is 0.280. The van der Waals surface area contributed by atoms with E-state index in [0.29, 0.717) is 32.4 Å². The van der Waals surface area contributed by atoms with Crippen molar-refractivity contribution in [3.63, 3.8) is 0 Å². The Morgan fingerprint density at radius 2 is 1.67 bits per heavy atom. The van der Waals surface area contributed by atoms with E-state index in [1.54, 1.807) is 0 Å². The molecule has 8 nitrogen and oxygen atoms in total. The minimum atomic E-state index is -2.65. The van der Waals surface area contributed by atoms with E-state index in [1.807, 2.05) is 20.8 Å². The Morgan fingerprint density at radius 1 is 1.11 bits per heavy atom. The van der Waals surface area contributed by atoms with Crippen LogP contribution in [-0.4, -0.2) is 48.8 Å². The van der Waals surface area contributed by atoms with Crippen LogP contribution in [0.2, 0.25) is 6.04 Å². The zero-order valence-corrected chi connectivity index (χ0v) is 12.1. The quantitative estimate of drug-likeness (QED) is 0.647. The highest BCUT2D eigenvalue weighted by Crippen LogP contribution is 2.17. The molecule has 0 unspecified atom stereocenters. The number of rotatable bonds is 9. The number of aryl methyl sites for hydroxylation is 1. The molecule has 0 aromatic carbocycles. The fraction of sp³-hybridized carbons (Fsp3) is 0.889. The second-order valence-corrected chi connectivity index (χ2v) is 6.22. The lowest BCUT2D eigenvalue weighted by atomic mass is 10.7. The van der Waals surface area contributed by atoms with Crippen LogP contribution in [0.5, 0.6) is 0 Å². The van der Waals surface area contributed by atoms with Gasteiger partial charge in [-0.25, -0.2) is 4.68 Å². The van der Waals surface area contributed by atoms with Gasteiger partial charge < -0.3 is 19.0 Å². The maximum atomic E-state index is 5.72. The molecule has 0 amide bonds. The Bertz CT molecular complexity index is 332. The predicted molar refractivity (Wildman–Crippen MR) is 67.7 cm³/mol. The average molecular weight is 275 g/mol. The number of aromatic nitrogens is 4. The maximum absolute atomic E-state index is 5.72. The molecule has 18 heavy (non-hydrogen) atoms. The van der Waals surface area contributed by atoms with Crippen LogP contribution < -0.4 is 5.73 Å². The van der Waals surface area contributed by atoms with Gasteiger partial charge in [-0.05, 0) is 31.2 Å². The van der Waals surface area contributed by atoms with Gasteiger partial charge in [-0.1, -0.05) is 5.10 Å². The number of nitrogen functional groups attached to an aromatic ring is 1. The van der Waals surface area contributed by atoms with Gasteiger partial charge in [-0.15, -0.1) is 0 Å². The third-order valence-electron chi connectivity index (χ3n) is 2.28. The molecule has 1 aromatic heterocycles. The standard InChI is InChI=1S/C9H21N5O3Si/c1-4-15-18(16-5-2,17-6-3)8-7-14-9(10)11-12-13-14/h4-8H2,1-3H3,(H2,10,11,13). The van der Waals surface area contributed by atoms with Gasteiger partial charge >= 0.3 is 8.80 Å². The molecule has 0 spiro atoms. The predicted octanol–water partition coefficient (Wildman–Crippen LogP) is 0.304. The van der Waals surface area contributed by atoms with Crippen molar-refractivity contribution in [1.29, 1.82) is 0 Å². The smallest absolute Gasteiger partial charge is 0.374 e. The number of hydrogen-bond acceptors (Lipinski definition) is 7. The molecule has 1 aromatic rings. The first-order valence-corrected chi connectivity index (χ1v) is 8.04. The molecule has 0 bridgehead atoms. The molecule has 0 aliphatic rings. The highest BCUT2D eigenvalue weighted by atomic mass is 28.4. The van der Waals surface area contributed by atoms with E-state index in [0.717, 1.165) is 0 Å². The number of tetrazole rings is 1. The summed E-state index contributed by atoms with van der Waals surface area (Å²) in [7, 11) is -2.65. The first-order valence-electron chi connectivity index (χ1n) is 6.11. The van der Waals surface area contributed by atoms with Crippen LogP contribution in [0.4, 0.5) is 5.95 Å². The van der Waals surface area contributed by atoms with E-state index in [9.17, 15) is 0 Å². The summed E-state index contributed by atoms with van der Waals surface area (Å²) >= 11 is 0. The Labute approximate surface area is 108 Å². The van der Waals surface area contributed by atoms with Crippen molar-refractivity contribution in [2.75, 3.05) is 25.6 Å². The van der Waals surface area contributed by atoms with E-state index in [-0.39, 0.29) is 5.95 Å². The molecule has 9 heteroatoms. The van der Waals surface area contributed by atoms with Gasteiger partial charge in [-0.3, -0.25) is 0 Å². The molecule has 2 N–H and O–H groups in total. The summed E-state index contributed by atoms with van der Waals surface area (Å²) in [5.41, 5.74) is 5.61. The van der Waals surface area contributed by atoms with Crippen LogP contribution in [-0.2, 0) is 19.8 Å². The van der Waals surface area contributed by atoms with E-state index >= 15 is 0 Å². The first kappa shape index (κ1) is 15.0. The van der Waals surface area contributed by atoms with Crippen molar-refractivity contribution in [3.05, 3.63) is 0 Å². The van der Waals surface area contributed by atoms with Crippen molar-refractivity contribution < 1.29 is 13.3 Å². The van der Waals surface area contributed by atoms with Crippen molar-refractivity contribution in [3.8, 4) is 0 Å². The van der Waals surface area contributed by atoms with Crippen molar-refractivity contribution in [2.45, 2.75) is 33.4 Å². The average Bonchev–Trinajstić information content (AvgIpc) is 2.73. The fourth-order valence-corrected chi connectivity index (χ4v) is 4.10. The minimum absolute atomic E-state index is 0.280. The Kier molecular flexibility index (Phi) is 6.19. The van der Waals surface area contributed by atoms with E-state index in [2.05, 4.69) is 15.5 Å². The molecule has 0 aliphatic carbocycles. The lowest BCUT2D eigenvalue weighted by molar-refractivity contribution is 0.0699. The Balaban J connectivity index is 2.67. The third kappa shape index (κ3) is 4.01. The van der Waals surface area contributed by atoms with Crippen LogP contribution in [0, 0.1) is 0 Å². The summed E-state index contributed by atoms with van der Waals surface area (Å²) in [6.45, 7) is 7.94. The second-order valence-electron chi connectivity index (χ2n) is 3.49. The van der Waals surface area contributed by atoms with E-state index < -0.39 is 8.80 Å². The van der Waals surface area contributed by atoms with Gasteiger partial charge in [0, 0.05) is 25.9 Å². The summed E-state index contributed by atoms with van der Waals surface area (Å²) in [6, 6.07) is 0.595. The molecule has 0 aliphatic heterocycles.